The molecule has 2 N–H and O–H groups in total. The lowest BCUT2D eigenvalue weighted by molar-refractivity contribution is -0.137. The molecule has 0 atom stereocenters. The van der Waals surface area contributed by atoms with Gasteiger partial charge in [0.05, 0.1) is 0 Å². The largest absolute Gasteiger partial charge is 0.481 e. The highest BCUT2D eigenvalue weighted by Crippen LogP contribution is 2.06. The van der Waals surface area contributed by atoms with Crippen molar-refractivity contribution < 1.29 is 14.7 Å². The van der Waals surface area contributed by atoms with Crippen molar-refractivity contribution in [2.75, 3.05) is 39.8 Å². The van der Waals surface area contributed by atoms with Crippen LogP contribution in [0.25, 0.3) is 0 Å². The Kier molecular flexibility index (Phi) is 8.02. The Morgan fingerprint density at radius 2 is 1.90 bits per heavy atom. The normalized spacial score (nSPS) is 15.2. The minimum atomic E-state index is -0.754. The molecule has 0 radical (unpaired) electrons. The van der Waals surface area contributed by atoms with Gasteiger partial charge in [0.1, 0.15) is 0 Å². The number of carbonyl (C=O) groups is 2. The van der Waals surface area contributed by atoms with E-state index in [1.165, 1.54) is 12.8 Å². The number of aliphatic carboxylic acids is 1. The van der Waals surface area contributed by atoms with Crippen LogP contribution >= 0.6 is 0 Å². The first-order valence-corrected chi connectivity index (χ1v) is 7.52. The number of rotatable bonds is 9. The number of nitrogens with one attached hydrogen (secondary N) is 1. The van der Waals surface area contributed by atoms with Crippen LogP contribution in [0.4, 0.5) is 4.79 Å². The maximum Gasteiger partial charge on any atom is 0.317 e. The second kappa shape index (κ2) is 9.58. The lowest BCUT2D eigenvalue weighted by Gasteiger charge is -2.21. The number of carboxylic acids is 1. The van der Waals surface area contributed by atoms with Gasteiger partial charge in [-0.3, -0.25) is 4.79 Å². The molecule has 0 spiro atoms. The SMILES string of the molecule is CN(CCN1CCCC1)C(=O)NCCCCCC(=O)O. The summed E-state index contributed by atoms with van der Waals surface area (Å²) < 4.78 is 0. The fourth-order valence-corrected chi connectivity index (χ4v) is 2.31. The third-order valence-corrected chi connectivity index (χ3v) is 3.64. The number of carbonyl (C=O) groups excluding carboxylic acids is 1. The first-order chi connectivity index (χ1) is 9.59. The Bertz CT molecular complexity index is 304. The average molecular weight is 285 g/mol. The number of hydrogen-bond acceptors (Lipinski definition) is 3. The Morgan fingerprint density at radius 1 is 1.20 bits per heavy atom. The number of carboxylic acid groups (broad SMARTS) is 1. The van der Waals surface area contributed by atoms with Gasteiger partial charge in [0.15, 0.2) is 0 Å². The molecular weight excluding hydrogens is 258 g/mol. The van der Waals surface area contributed by atoms with Crippen molar-refractivity contribution in [1.29, 1.82) is 0 Å². The van der Waals surface area contributed by atoms with Gasteiger partial charge in [-0.15, -0.1) is 0 Å². The molecule has 0 bridgehead atoms. The summed E-state index contributed by atoms with van der Waals surface area (Å²) in [5.74, 6) is -0.754. The molecule has 0 unspecified atom stereocenters. The van der Waals surface area contributed by atoms with Crippen molar-refractivity contribution in [3.63, 3.8) is 0 Å². The van der Waals surface area contributed by atoms with E-state index in [9.17, 15) is 9.59 Å². The Morgan fingerprint density at radius 3 is 2.55 bits per heavy atom. The molecule has 0 aromatic carbocycles. The summed E-state index contributed by atoms with van der Waals surface area (Å²) in [6.45, 7) is 4.62. The first-order valence-electron chi connectivity index (χ1n) is 7.52. The average Bonchev–Trinajstić information content (AvgIpc) is 2.92. The number of unbranched alkanes of at least 4 members (excludes halogenated alkanes) is 2. The summed E-state index contributed by atoms with van der Waals surface area (Å²) in [5, 5.41) is 11.4. The molecule has 1 aliphatic rings. The zero-order chi connectivity index (χ0) is 14.8. The summed E-state index contributed by atoms with van der Waals surface area (Å²) >= 11 is 0. The van der Waals surface area contributed by atoms with E-state index < -0.39 is 5.97 Å². The third-order valence-electron chi connectivity index (χ3n) is 3.64. The molecule has 0 saturated carbocycles. The third kappa shape index (κ3) is 7.33. The van der Waals surface area contributed by atoms with E-state index in [4.69, 9.17) is 5.11 Å². The highest BCUT2D eigenvalue weighted by molar-refractivity contribution is 5.73. The van der Waals surface area contributed by atoms with Crippen molar-refractivity contribution in [3.05, 3.63) is 0 Å². The van der Waals surface area contributed by atoms with Gasteiger partial charge in [0, 0.05) is 33.1 Å². The lowest BCUT2D eigenvalue weighted by atomic mass is 10.2. The van der Waals surface area contributed by atoms with Gasteiger partial charge in [0.25, 0.3) is 0 Å². The van der Waals surface area contributed by atoms with Gasteiger partial charge >= 0.3 is 12.0 Å². The maximum atomic E-state index is 11.8. The number of likely N-dealkylation sites (N-methyl/N-ethyl adjacent to an activating group) is 1. The molecule has 1 saturated heterocycles. The van der Waals surface area contributed by atoms with Gasteiger partial charge in [-0.25, -0.2) is 4.79 Å². The van der Waals surface area contributed by atoms with E-state index in [1.54, 1.807) is 4.90 Å². The van der Waals surface area contributed by atoms with Crippen LogP contribution in [0.15, 0.2) is 0 Å². The summed E-state index contributed by atoms with van der Waals surface area (Å²) in [6.07, 6.45) is 5.10. The van der Waals surface area contributed by atoms with Gasteiger partial charge in [-0.1, -0.05) is 6.42 Å². The topological polar surface area (TPSA) is 72.9 Å². The fraction of sp³-hybridized carbons (Fsp3) is 0.857. The number of urea groups is 1. The Hall–Kier alpha value is -1.30. The lowest BCUT2D eigenvalue weighted by Crippen LogP contribution is -2.41. The quantitative estimate of drug-likeness (QED) is 0.628. The van der Waals surface area contributed by atoms with Crippen LogP contribution in [-0.2, 0) is 4.79 Å². The zero-order valence-electron chi connectivity index (χ0n) is 12.4. The minimum Gasteiger partial charge on any atom is -0.481 e. The zero-order valence-corrected chi connectivity index (χ0v) is 12.4. The summed E-state index contributed by atoms with van der Waals surface area (Å²) in [5.41, 5.74) is 0. The Labute approximate surface area is 121 Å². The van der Waals surface area contributed by atoms with Crippen molar-refractivity contribution in [2.45, 2.75) is 38.5 Å². The van der Waals surface area contributed by atoms with E-state index in [1.807, 2.05) is 7.05 Å². The van der Waals surface area contributed by atoms with E-state index in [-0.39, 0.29) is 12.5 Å². The molecule has 1 rings (SSSR count). The van der Waals surface area contributed by atoms with E-state index >= 15 is 0 Å². The van der Waals surface area contributed by atoms with Crippen molar-refractivity contribution in [2.24, 2.45) is 0 Å². The molecule has 6 heteroatoms. The number of amides is 2. The molecule has 1 heterocycles. The summed E-state index contributed by atoms with van der Waals surface area (Å²) in [6, 6.07) is -0.0394. The molecule has 6 nitrogen and oxygen atoms in total. The summed E-state index contributed by atoms with van der Waals surface area (Å²) in [7, 11) is 1.82. The van der Waals surface area contributed by atoms with Crippen LogP contribution < -0.4 is 5.32 Å². The highest BCUT2D eigenvalue weighted by atomic mass is 16.4. The van der Waals surface area contributed by atoms with Crippen LogP contribution in [0.1, 0.15) is 38.5 Å². The predicted molar refractivity (Wildman–Crippen MR) is 77.8 cm³/mol. The molecule has 1 fully saturated rings. The van der Waals surface area contributed by atoms with Gasteiger partial charge in [-0.05, 0) is 38.8 Å². The van der Waals surface area contributed by atoms with Crippen molar-refractivity contribution in [3.8, 4) is 0 Å². The fourth-order valence-electron chi connectivity index (χ4n) is 2.31. The molecule has 116 valence electrons. The number of nitrogens with zero attached hydrogens (tertiary/aromatic N) is 2. The van der Waals surface area contributed by atoms with Crippen LogP contribution in [0.2, 0.25) is 0 Å². The molecule has 0 aromatic rings. The van der Waals surface area contributed by atoms with E-state index in [0.717, 1.165) is 39.0 Å². The smallest absolute Gasteiger partial charge is 0.317 e. The van der Waals surface area contributed by atoms with Gasteiger partial charge in [0.2, 0.25) is 0 Å². The second-order valence-corrected chi connectivity index (χ2v) is 5.41. The predicted octanol–water partition coefficient (Wildman–Crippen LogP) is 1.37. The number of likely N-dealkylation sites (tertiary alicyclic amines) is 1. The van der Waals surface area contributed by atoms with Crippen LogP contribution in [0, 0.1) is 0 Å². The standard InChI is InChI=1S/C14H27N3O3/c1-16(11-12-17-9-5-6-10-17)14(20)15-8-4-2-3-7-13(18)19/h2-12H2,1H3,(H,15,20)(H,18,19). The van der Waals surface area contributed by atoms with E-state index in [0.29, 0.717) is 13.0 Å². The van der Waals surface area contributed by atoms with Crippen molar-refractivity contribution >= 4 is 12.0 Å². The number of hydrogen-bond donors (Lipinski definition) is 2. The first kappa shape index (κ1) is 16.8. The molecule has 0 aromatic heterocycles. The van der Waals surface area contributed by atoms with Crippen LogP contribution in [0.3, 0.4) is 0 Å². The second-order valence-electron chi connectivity index (χ2n) is 5.41. The molecule has 1 aliphatic heterocycles. The monoisotopic (exact) mass is 285 g/mol. The molecule has 2 amide bonds. The Balaban J connectivity index is 1.98. The highest BCUT2D eigenvalue weighted by Gasteiger charge is 2.13. The molecular formula is C14H27N3O3. The maximum absolute atomic E-state index is 11.8. The van der Waals surface area contributed by atoms with Crippen LogP contribution in [0.5, 0.6) is 0 Å². The van der Waals surface area contributed by atoms with Crippen molar-refractivity contribution in [1.82, 2.24) is 15.1 Å². The van der Waals surface area contributed by atoms with Crippen LogP contribution in [-0.4, -0.2) is 66.7 Å². The molecule has 20 heavy (non-hydrogen) atoms. The summed E-state index contributed by atoms with van der Waals surface area (Å²) in [4.78, 5) is 26.2. The van der Waals surface area contributed by atoms with Gasteiger partial charge < -0.3 is 20.2 Å². The van der Waals surface area contributed by atoms with Gasteiger partial charge in [-0.2, -0.15) is 0 Å². The minimum absolute atomic E-state index is 0.0394. The van der Waals surface area contributed by atoms with E-state index in [2.05, 4.69) is 10.2 Å². The molecule has 0 aliphatic carbocycles.